The van der Waals surface area contributed by atoms with Crippen LogP contribution in [0.15, 0.2) is 48.5 Å². The predicted octanol–water partition coefficient (Wildman–Crippen LogP) is 1.47. The molecule has 3 unspecified atom stereocenters. The first-order valence-corrected chi connectivity index (χ1v) is 8.36. The molecule has 3 atom stereocenters. The van der Waals surface area contributed by atoms with Gasteiger partial charge in [0.15, 0.2) is 5.78 Å². The number of anilines is 1. The molecule has 26 heavy (non-hydrogen) atoms. The Morgan fingerprint density at radius 3 is 2.23 bits per heavy atom. The van der Waals surface area contributed by atoms with Crippen molar-refractivity contribution in [1.29, 1.82) is 0 Å². The number of nitrogens with one attached hydrogen (secondary N) is 1. The number of amides is 2. The lowest BCUT2D eigenvalue weighted by Crippen LogP contribution is -2.52. The average Bonchev–Trinajstić information content (AvgIpc) is 3.04. The van der Waals surface area contributed by atoms with E-state index in [0.717, 1.165) is 10.5 Å². The topological polar surface area (TPSA) is 86.7 Å². The molecule has 0 aliphatic carbocycles. The summed E-state index contributed by atoms with van der Waals surface area (Å²) in [6.45, 7) is 1.92. The Morgan fingerprint density at radius 1 is 1.00 bits per heavy atom. The molecule has 132 valence electrons. The van der Waals surface area contributed by atoms with Crippen molar-refractivity contribution in [3.63, 3.8) is 0 Å². The van der Waals surface area contributed by atoms with Gasteiger partial charge in [0.1, 0.15) is 17.6 Å². The molecule has 0 radical (unpaired) electrons. The fraction of sp³-hybridized carbons (Fsp3) is 0.250. The van der Waals surface area contributed by atoms with E-state index < -0.39 is 29.4 Å². The van der Waals surface area contributed by atoms with Crippen LogP contribution in [0.25, 0.3) is 0 Å². The van der Waals surface area contributed by atoms with Gasteiger partial charge in [0.25, 0.3) is 5.91 Å². The molecule has 1 fully saturated rings. The number of ketones is 1. The fourth-order valence-corrected chi connectivity index (χ4v) is 3.91. The van der Waals surface area contributed by atoms with E-state index in [-0.39, 0.29) is 5.78 Å². The normalized spacial score (nSPS) is 27.7. The van der Waals surface area contributed by atoms with Crippen LogP contribution in [0.2, 0.25) is 0 Å². The number of carbonyl (C=O) groups excluding carboxylic acids is 3. The Kier molecular flexibility index (Phi) is 3.49. The highest BCUT2D eigenvalue weighted by molar-refractivity contribution is 6.18. The van der Waals surface area contributed by atoms with E-state index in [4.69, 9.17) is 0 Å². The number of para-hydroxylation sites is 1. The second-order valence-electron chi connectivity index (χ2n) is 6.83. The fourth-order valence-electron chi connectivity index (χ4n) is 3.91. The van der Waals surface area contributed by atoms with Crippen molar-refractivity contribution in [2.24, 2.45) is 5.92 Å². The van der Waals surface area contributed by atoms with Gasteiger partial charge in [-0.05, 0) is 24.6 Å². The molecule has 2 aliphatic rings. The van der Waals surface area contributed by atoms with Crippen LogP contribution in [-0.2, 0) is 15.1 Å². The number of aliphatic hydroxyl groups excluding tert-OH is 1. The molecule has 1 saturated heterocycles. The van der Waals surface area contributed by atoms with Crippen molar-refractivity contribution in [3.05, 3.63) is 65.2 Å². The van der Waals surface area contributed by atoms with Crippen LogP contribution in [0.1, 0.15) is 21.5 Å². The third kappa shape index (κ3) is 1.99. The monoisotopic (exact) mass is 350 g/mol. The van der Waals surface area contributed by atoms with Crippen molar-refractivity contribution < 1.29 is 19.5 Å². The van der Waals surface area contributed by atoms with Crippen LogP contribution in [0.5, 0.6) is 0 Å². The summed E-state index contributed by atoms with van der Waals surface area (Å²) in [4.78, 5) is 39.3. The number of likely N-dealkylation sites (N-methyl/N-ethyl adjacent to an activating group) is 1. The van der Waals surface area contributed by atoms with Crippen molar-refractivity contribution in [1.82, 2.24) is 4.90 Å². The molecule has 6 heteroatoms. The first-order chi connectivity index (χ1) is 12.4. The number of likely N-dealkylation sites (tertiary alicyclic amines) is 1. The Hall–Kier alpha value is -2.99. The summed E-state index contributed by atoms with van der Waals surface area (Å²) >= 11 is 0. The number of aliphatic hydroxyl groups is 1. The largest absolute Gasteiger partial charge is 0.382 e. The Labute approximate surface area is 150 Å². The van der Waals surface area contributed by atoms with Crippen LogP contribution in [0, 0.1) is 12.8 Å². The van der Waals surface area contributed by atoms with Crippen molar-refractivity contribution in [2.45, 2.75) is 18.6 Å². The summed E-state index contributed by atoms with van der Waals surface area (Å²) in [6.07, 6.45) is -1.58. The second kappa shape index (κ2) is 5.51. The number of benzene rings is 2. The molecule has 2 aromatic carbocycles. The SMILES string of the molecule is Cc1ccc(C2(C3C(=O)N(C)C(=O)C3O)Nc3ccccc3C2=O)cc1. The molecule has 6 nitrogen and oxygen atoms in total. The van der Waals surface area contributed by atoms with Crippen LogP contribution in [0.4, 0.5) is 5.69 Å². The average molecular weight is 350 g/mol. The maximum absolute atomic E-state index is 13.4. The van der Waals surface area contributed by atoms with Gasteiger partial charge in [0, 0.05) is 18.3 Å². The quantitative estimate of drug-likeness (QED) is 0.801. The zero-order valence-corrected chi connectivity index (χ0v) is 14.4. The van der Waals surface area contributed by atoms with Gasteiger partial charge in [-0.3, -0.25) is 19.3 Å². The number of carbonyl (C=O) groups is 3. The van der Waals surface area contributed by atoms with Crippen LogP contribution >= 0.6 is 0 Å². The predicted molar refractivity (Wildman–Crippen MR) is 94.5 cm³/mol. The third-order valence-corrected chi connectivity index (χ3v) is 5.33. The lowest BCUT2D eigenvalue weighted by atomic mass is 9.73. The highest BCUT2D eigenvalue weighted by atomic mass is 16.3. The summed E-state index contributed by atoms with van der Waals surface area (Å²) in [7, 11) is 1.32. The summed E-state index contributed by atoms with van der Waals surface area (Å²) in [5.41, 5.74) is 1.05. The molecule has 2 amide bonds. The minimum absolute atomic E-state index is 0.322. The molecule has 2 N–H and O–H groups in total. The van der Waals surface area contributed by atoms with Crippen molar-refractivity contribution in [2.75, 3.05) is 12.4 Å². The lowest BCUT2D eigenvalue weighted by molar-refractivity contribution is -0.139. The molecule has 4 rings (SSSR count). The molecule has 0 saturated carbocycles. The van der Waals surface area contributed by atoms with E-state index in [1.54, 1.807) is 36.4 Å². The number of aryl methyl sites for hydroxylation is 1. The van der Waals surface area contributed by atoms with Gasteiger partial charge in [0.05, 0.1) is 0 Å². The number of hydrogen-bond acceptors (Lipinski definition) is 5. The number of nitrogens with zero attached hydrogens (tertiary/aromatic N) is 1. The number of imide groups is 1. The van der Waals surface area contributed by atoms with E-state index in [2.05, 4.69) is 5.32 Å². The number of Topliss-reactive ketones (excluding diaryl/α,β-unsaturated/α-hetero) is 1. The zero-order valence-electron chi connectivity index (χ0n) is 14.4. The zero-order chi connectivity index (χ0) is 18.6. The van der Waals surface area contributed by atoms with Gasteiger partial charge >= 0.3 is 0 Å². The second-order valence-corrected chi connectivity index (χ2v) is 6.83. The minimum atomic E-state index is -1.58. The van der Waals surface area contributed by atoms with Gasteiger partial charge in [-0.1, -0.05) is 42.0 Å². The third-order valence-electron chi connectivity index (χ3n) is 5.33. The summed E-state index contributed by atoms with van der Waals surface area (Å²) in [5, 5.41) is 13.7. The first-order valence-electron chi connectivity index (χ1n) is 8.36. The molecular formula is C20H18N2O4. The molecular weight excluding hydrogens is 332 g/mol. The van der Waals surface area contributed by atoms with E-state index in [0.29, 0.717) is 16.8 Å². The van der Waals surface area contributed by atoms with E-state index in [9.17, 15) is 19.5 Å². The molecule has 2 aliphatic heterocycles. The summed E-state index contributed by atoms with van der Waals surface area (Å²) in [5.74, 6) is -2.83. The lowest BCUT2D eigenvalue weighted by Gasteiger charge is -2.34. The summed E-state index contributed by atoms with van der Waals surface area (Å²) in [6, 6.07) is 14.2. The Balaban J connectivity index is 1.96. The van der Waals surface area contributed by atoms with E-state index in [1.165, 1.54) is 7.05 Å². The Morgan fingerprint density at radius 2 is 1.65 bits per heavy atom. The van der Waals surface area contributed by atoms with E-state index in [1.807, 2.05) is 19.1 Å². The van der Waals surface area contributed by atoms with Gasteiger partial charge in [0.2, 0.25) is 5.91 Å². The number of rotatable bonds is 2. The van der Waals surface area contributed by atoms with Crippen molar-refractivity contribution in [3.8, 4) is 0 Å². The molecule has 0 aromatic heterocycles. The van der Waals surface area contributed by atoms with Crippen LogP contribution in [0.3, 0.4) is 0 Å². The molecule has 0 bridgehead atoms. The van der Waals surface area contributed by atoms with E-state index >= 15 is 0 Å². The van der Waals surface area contributed by atoms with Gasteiger partial charge < -0.3 is 10.4 Å². The van der Waals surface area contributed by atoms with Crippen LogP contribution < -0.4 is 5.32 Å². The maximum Gasteiger partial charge on any atom is 0.258 e. The smallest absolute Gasteiger partial charge is 0.258 e. The highest BCUT2D eigenvalue weighted by Gasteiger charge is 2.62. The summed E-state index contributed by atoms with van der Waals surface area (Å²) < 4.78 is 0. The molecule has 2 aromatic rings. The van der Waals surface area contributed by atoms with Gasteiger partial charge in [-0.15, -0.1) is 0 Å². The minimum Gasteiger partial charge on any atom is -0.382 e. The standard InChI is InChI=1S/C20H18N2O4/c1-11-7-9-12(10-8-11)20(15-16(23)19(26)22(2)18(15)25)17(24)13-5-3-4-6-14(13)21-20/h3-10,15-16,21,23H,1-2H3. The maximum atomic E-state index is 13.4. The molecule has 2 heterocycles. The van der Waals surface area contributed by atoms with Gasteiger partial charge in [-0.2, -0.15) is 0 Å². The van der Waals surface area contributed by atoms with Gasteiger partial charge in [-0.25, -0.2) is 0 Å². The Bertz CT molecular complexity index is 937. The number of hydrogen-bond donors (Lipinski definition) is 2. The van der Waals surface area contributed by atoms with Crippen molar-refractivity contribution >= 4 is 23.3 Å². The first kappa shape index (κ1) is 16.5. The number of fused-ring (bicyclic) bond motifs is 1. The highest BCUT2D eigenvalue weighted by Crippen LogP contribution is 2.47. The molecule has 0 spiro atoms. The van der Waals surface area contributed by atoms with Crippen LogP contribution in [-0.4, -0.2) is 40.8 Å².